The number of carbonyl (C=O) groups is 1. The van der Waals surface area contributed by atoms with Crippen molar-refractivity contribution < 1.29 is 9.53 Å². The lowest BCUT2D eigenvalue weighted by atomic mass is 10.6. The Kier molecular flexibility index (Phi) is 4.84. The van der Waals surface area contributed by atoms with Crippen LogP contribution in [-0.2, 0) is 9.53 Å². The first-order valence-corrected chi connectivity index (χ1v) is 4.11. The molecule has 0 aromatic heterocycles. The van der Waals surface area contributed by atoms with E-state index in [1.807, 2.05) is 0 Å². The molecule has 2 N–H and O–H groups in total. The van der Waals surface area contributed by atoms with Crippen LogP contribution in [0.3, 0.4) is 0 Å². The first kappa shape index (κ1) is 9.36. The Morgan fingerprint density at radius 2 is 2.40 bits per heavy atom. The van der Waals surface area contributed by atoms with Gasteiger partial charge in [0.1, 0.15) is 0 Å². The van der Waals surface area contributed by atoms with Crippen LogP contribution in [0.4, 0.5) is 0 Å². The number of ether oxygens (including phenoxy) is 1. The molecule has 0 bridgehead atoms. The molecule has 4 heteroatoms. The van der Waals surface area contributed by atoms with Gasteiger partial charge in [0, 0.05) is 0 Å². The number of hydrogen-bond acceptors (Lipinski definition) is 4. The van der Waals surface area contributed by atoms with Crippen molar-refractivity contribution in [1.29, 1.82) is 0 Å². The highest BCUT2D eigenvalue weighted by Crippen LogP contribution is 2.02. The first-order chi connectivity index (χ1) is 4.70. The van der Waals surface area contributed by atoms with Gasteiger partial charge in [0.15, 0.2) is 0 Å². The molecule has 0 unspecified atom stereocenters. The van der Waals surface area contributed by atoms with Crippen molar-refractivity contribution in [2.24, 2.45) is 5.73 Å². The molecule has 0 fully saturated rings. The smallest absolute Gasteiger partial charge is 0.333 e. The van der Waals surface area contributed by atoms with Crippen molar-refractivity contribution >= 4 is 17.7 Å². The minimum atomic E-state index is -0.380. The monoisotopic (exact) mass is 161 g/mol. The van der Waals surface area contributed by atoms with E-state index in [1.54, 1.807) is 13.2 Å². The third-order valence-corrected chi connectivity index (χ3v) is 1.37. The van der Waals surface area contributed by atoms with Crippen molar-refractivity contribution in [3.8, 4) is 0 Å². The van der Waals surface area contributed by atoms with E-state index in [0.29, 0.717) is 11.6 Å². The molecular formula is C6H11NO2S. The van der Waals surface area contributed by atoms with Crippen LogP contribution in [0.15, 0.2) is 11.1 Å². The molecule has 0 aliphatic heterocycles. The van der Waals surface area contributed by atoms with Crippen LogP contribution < -0.4 is 5.73 Å². The van der Waals surface area contributed by atoms with Crippen LogP contribution in [0.25, 0.3) is 0 Å². The molecule has 0 rings (SSSR count). The van der Waals surface area contributed by atoms with E-state index in [9.17, 15) is 4.79 Å². The van der Waals surface area contributed by atoms with Crippen molar-refractivity contribution in [2.45, 2.75) is 6.92 Å². The van der Waals surface area contributed by atoms with Gasteiger partial charge in [-0.25, -0.2) is 4.79 Å². The Morgan fingerprint density at radius 3 is 2.80 bits per heavy atom. The summed E-state index contributed by atoms with van der Waals surface area (Å²) < 4.78 is 4.61. The van der Waals surface area contributed by atoms with Gasteiger partial charge in [-0.3, -0.25) is 0 Å². The zero-order chi connectivity index (χ0) is 7.98. The zero-order valence-electron chi connectivity index (χ0n) is 6.09. The van der Waals surface area contributed by atoms with Crippen molar-refractivity contribution in [1.82, 2.24) is 0 Å². The SMILES string of the molecule is CCOC(=O)C=C(N)SC. The number of rotatable bonds is 3. The van der Waals surface area contributed by atoms with Gasteiger partial charge in [0.25, 0.3) is 0 Å². The highest BCUT2D eigenvalue weighted by Gasteiger charge is 1.95. The van der Waals surface area contributed by atoms with Gasteiger partial charge >= 0.3 is 5.97 Å². The summed E-state index contributed by atoms with van der Waals surface area (Å²) in [5.41, 5.74) is 5.33. The fourth-order valence-electron chi connectivity index (χ4n) is 0.359. The predicted molar refractivity (Wildman–Crippen MR) is 42.4 cm³/mol. The summed E-state index contributed by atoms with van der Waals surface area (Å²) in [6.45, 7) is 2.14. The standard InChI is InChI=1S/C6H11NO2S/c1-3-9-6(8)4-5(7)10-2/h4H,3,7H2,1-2H3. The lowest BCUT2D eigenvalue weighted by Crippen LogP contribution is -2.03. The van der Waals surface area contributed by atoms with E-state index in [4.69, 9.17) is 5.73 Å². The van der Waals surface area contributed by atoms with Crippen LogP contribution >= 0.6 is 11.8 Å². The van der Waals surface area contributed by atoms with Gasteiger partial charge in [-0.2, -0.15) is 0 Å². The molecule has 0 aromatic carbocycles. The third kappa shape index (κ3) is 4.26. The molecule has 3 nitrogen and oxygen atoms in total. The second-order valence-electron chi connectivity index (χ2n) is 1.50. The highest BCUT2D eigenvalue weighted by molar-refractivity contribution is 8.02. The zero-order valence-corrected chi connectivity index (χ0v) is 6.90. The Balaban J connectivity index is 3.75. The molecule has 0 spiro atoms. The minimum Gasteiger partial charge on any atom is -0.463 e. The second kappa shape index (κ2) is 5.17. The molecule has 0 aliphatic carbocycles. The number of esters is 1. The predicted octanol–water partition coefficient (Wildman–Crippen LogP) is 0.713. The van der Waals surface area contributed by atoms with E-state index >= 15 is 0 Å². The summed E-state index contributed by atoms with van der Waals surface area (Å²) in [4.78, 5) is 10.6. The molecule has 0 aromatic rings. The maximum absolute atomic E-state index is 10.6. The number of nitrogens with two attached hydrogens (primary N) is 1. The van der Waals surface area contributed by atoms with Crippen LogP contribution in [0, 0.1) is 0 Å². The third-order valence-electron chi connectivity index (χ3n) is 0.782. The second-order valence-corrected chi connectivity index (χ2v) is 2.38. The molecule has 0 amide bonds. The fraction of sp³-hybridized carbons (Fsp3) is 0.500. The van der Waals surface area contributed by atoms with E-state index < -0.39 is 0 Å². The summed E-state index contributed by atoms with van der Waals surface area (Å²) in [6, 6.07) is 0. The van der Waals surface area contributed by atoms with Crippen LogP contribution in [0.5, 0.6) is 0 Å². The molecular weight excluding hydrogens is 150 g/mol. The lowest BCUT2D eigenvalue weighted by Gasteiger charge is -1.96. The average molecular weight is 161 g/mol. The van der Waals surface area contributed by atoms with Crippen LogP contribution in [0.2, 0.25) is 0 Å². The van der Waals surface area contributed by atoms with Crippen molar-refractivity contribution in [3.63, 3.8) is 0 Å². The maximum Gasteiger partial charge on any atom is 0.333 e. The number of thioether (sulfide) groups is 1. The Bertz CT molecular complexity index is 145. The van der Waals surface area contributed by atoms with Crippen LogP contribution in [-0.4, -0.2) is 18.8 Å². The van der Waals surface area contributed by atoms with Gasteiger partial charge in [0.05, 0.1) is 17.7 Å². The molecule has 0 radical (unpaired) electrons. The molecule has 0 saturated heterocycles. The lowest BCUT2D eigenvalue weighted by molar-refractivity contribution is -0.137. The maximum atomic E-state index is 10.6. The normalized spacial score (nSPS) is 11.2. The summed E-state index contributed by atoms with van der Waals surface area (Å²) in [7, 11) is 0. The summed E-state index contributed by atoms with van der Waals surface area (Å²) >= 11 is 1.32. The minimum absolute atomic E-state index is 0.380. The summed E-state index contributed by atoms with van der Waals surface area (Å²) in [5.74, 6) is -0.380. The Labute approximate surface area is 64.6 Å². The Hall–Kier alpha value is -0.640. The topological polar surface area (TPSA) is 52.3 Å². The number of carbonyl (C=O) groups excluding carboxylic acids is 1. The summed E-state index contributed by atoms with van der Waals surface area (Å²) in [6.07, 6.45) is 3.07. The van der Waals surface area contributed by atoms with E-state index in [2.05, 4.69) is 4.74 Å². The van der Waals surface area contributed by atoms with Crippen molar-refractivity contribution in [3.05, 3.63) is 11.1 Å². The average Bonchev–Trinajstić information content (AvgIpc) is 1.88. The largest absolute Gasteiger partial charge is 0.463 e. The molecule has 58 valence electrons. The van der Waals surface area contributed by atoms with Gasteiger partial charge in [-0.15, -0.1) is 11.8 Å². The van der Waals surface area contributed by atoms with Gasteiger partial charge < -0.3 is 10.5 Å². The fourth-order valence-corrected chi connectivity index (χ4v) is 0.573. The van der Waals surface area contributed by atoms with Gasteiger partial charge in [-0.1, -0.05) is 0 Å². The quantitative estimate of drug-likeness (QED) is 0.489. The summed E-state index contributed by atoms with van der Waals surface area (Å²) in [5, 5.41) is 0.471. The highest BCUT2D eigenvalue weighted by atomic mass is 32.2. The number of hydrogen-bond donors (Lipinski definition) is 1. The molecule has 0 heterocycles. The van der Waals surface area contributed by atoms with Crippen LogP contribution in [0.1, 0.15) is 6.92 Å². The van der Waals surface area contributed by atoms with E-state index in [-0.39, 0.29) is 5.97 Å². The van der Waals surface area contributed by atoms with Gasteiger partial charge in [0.2, 0.25) is 0 Å². The van der Waals surface area contributed by atoms with E-state index in [1.165, 1.54) is 17.8 Å². The van der Waals surface area contributed by atoms with Crippen molar-refractivity contribution in [2.75, 3.05) is 12.9 Å². The molecule has 0 saturated carbocycles. The first-order valence-electron chi connectivity index (χ1n) is 2.88. The Morgan fingerprint density at radius 1 is 1.80 bits per heavy atom. The van der Waals surface area contributed by atoms with E-state index in [0.717, 1.165) is 0 Å². The molecule has 0 atom stereocenters. The molecule has 0 aliphatic rings. The molecule has 10 heavy (non-hydrogen) atoms. The van der Waals surface area contributed by atoms with Gasteiger partial charge in [-0.05, 0) is 13.2 Å².